The van der Waals surface area contributed by atoms with Gasteiger partial charge in [-0.05, 0) is 20.8 Å². The molecule has 0 radical (unpaired) electrons. The minimum Gasteiger partial charge on any atom is -0.463 e. The van der Waals surface area contributed by atoms with Gasteiger partial charge in [-0.25, -0.2) is 4.79 Å². The number of hydrogen-bond donors (Lipinski definition) is 0. The smallest absolute Gasteiger partial charge is 0.333 e. The van der Waals surface area contributed by atoms with Crippen LogP contribution in [0.3, 0.4) is 0 Å². The summed E-state index contributed by atoms with van der Waals surface area (Å²) in [6.07, 6.45) is 0.314. The van der Waals surface area contributed by atoms with E-state index in [4.69, 9.17) is 4.74 Å². The van der Waals surface area contributed by atoms with Crippen LogP contribution >= 0.6 is 0 Å². The first-order chi connectivity index (χ1) is 7.20. The first-order valence-corrected chi connectivity index (χ1v) is 5.57. The molecule has 0 aliphatic rings. The number of carbonyl (C=O) groups excluding carboxylic acids is 2. The summed E-state index contributed by atoms with van der Waals surface area (Å²) >= 11 is 0. The van der Waals surface area contributed by atoms with Crippen LogP contribution in [0.15, 0.2) is 11.1 Å². The minimum atomic E-state index is -0.365. The van der Waals surface area contributed by atoms with Crippen molar-refractivity contribution in [3.8, 4) is 0 Å². The summed E-state index contributed by atoms with van der Waals surface area (Å²) < 4.78 is 4.88. The van der Waals surface area contributed by atoms with Gasteiger partial charge >= 0.3 is 5.97 Å². The number of allylic oxidation sites excluding steroid dienone is 1. The Hall–Kier alpha value is -1.12. The highest BCUT2D eigenvalue weighted by Crippen LogP contribution is 2.21. The van der Waals surface area contributed by atoms with Gasteiger partial charge in [0, 0.05) is 17.4 Å². The quantitative estimate of drug-likeness (QED) is 0.547. The second kappa shape index (κ2) is 5.83. The molecule has 0 atom stereocenters. The molecule has 0 saturated carbocycles. The monoisotopic (exact) mass is 226 g/mol. The van der Waals surface area contributed by atoms with Crippen molar-refractivity contribution < 1.29 is 14.3 Å². The Kier molecular flexibility index (Phi) is 5.42. The number of hydrogen-bond acceptors (Lipinski definition) is 3. The van der Waals surface area contributed by atoms with E-state index in [1.54, 1.807) is 20.8 Å². The Morgan fingerprint density at radius 2 is 1.62 bits per heavy atom. The van der Waals surface area contributed by atoms with Crippen molar-refractivity contribution in [1.29, 1.82) is 0 Å². The topological polar surface area (TPSA) is 43.4 Å². The number of Topliss-reactive ketones (excluding diaryl/α,β-unsaturated/α-hetero) is 1. The molecule has 0 N–H and O–H groups in total. The van der Waals surface area contributed by atoms with Crippen molar-refractivity contribution in [1.82, 2.24) is 0 Å². The first-order valence-electron chi connectivity index (χ1n) is 5.57. The third-order valence-electron chi connectivity index (χ3n) is 2.48. The molecule has 0 unspecified atom stereocenters. The van der Waals surface area contributed by atoms with Crippen LogP contribution in [-0.2, 0) is 14.3 Å². The minimum absolute atomic E-state index is 0.133. The van der Waals surface area contributed by atoms with Gasteiger partial charge in [-0.1, -0.05) is 26.3 Å². The molecule has 3 nitrogen and oxygen atoms in total. The maximum atomic E-state index is 11.8. The Balaban J connectivity index is 4.67. The molecule has 0 heterocycles. The van der Waals surface area contributed by atoms with E-state index in [0.717, 1.165) is 5.57 Å². The average Bonchev–Trinajstić information content (AvgIpc) is 2.15. The van der Waals surface area contributed by atoms with E-state index in [0.29, 0.717) is 18.6 Å². The Bertz CT molecular complexity index is 306. The van der Waals surface area contributed by atoms with Crippen LogP contribution in [0.25, 0.3) is 0 Å². The lowest BCUT2D eigenvalue weighted by atomic mass is 9.86. The maximum Gasteiger partial charge on any atom is 0.333 e. The van der Waals surface area contributed by atoms with Crippen molar-refractivity contribution in [3.63, 3.8) is 0 Å². The predicted molar refractivity (Wildman–Crippen MR) is 64.1 cm³/mol. The zero-order valence-electron chi connectivity index (χ0n) is 11.1. The van der Waals surface area contributed by atoms with Crippen molar-refractivity contribution in [2.24, 2.45) is 5.41 Å². The fourth-order valence-electron chi connectivity index (χ4n) is 1.05. The summed E-state index contributed by atoms with van der Waals surface area (Å²) in [7, 11) is 0. The van der Waals surface area contributed by atoms with Crippen molar-refractivity contribution in [3.05, 3.63) is 11.1 Å². The van der Waals surface area contributed by atoms with Gasteiger partial charge < -0.3 is 4.74 Å². The van der Waals surface area contributed by atoms with Gasteiger partial charge in [0.1, 0.15) is 5.78 Å². The van der Waals surface area contributed by atoms with E-state index in [2.05, 4.69) is 0 Å². The Morgan fingerprint density at radius 3 is 2.00 bits per heavy atom. The van der Waals surface area contributed by atoms with E-state index in [1.807, 2.05) is 20.8 Å². The van der Waals surface area contributed by atoms with Crippen molar-refractivity contribution >= 4 is 11.8 Å². The summed E-state index contributed by atoms with van der Waals surface area (Å²) in [5.74, 6) is -0.199. The molecular formula is C13H22O3. The molecule has 0 spiro atoms. The number of carbonyl (C=O) groups is 2. The molecule has 0 aromatic rings. The van der Waals surface area contributed by atoms with Gasteiger partial charge in [0.05, 0.1) is 6.61 Å². The zero-order chi connectivity index (χ0) is 12.9. The molecule has 0 fully saturated rings. The van der Waals surface area contributed by atoms with E-state index < -0.39 is 0 Å². The normalized spacial score (nSPS) is 13.1. The first kappa shape index (κ1) is 14.9. The van der Waals surface area contributed by atoms with Crippen LogP contribution in [0.1, 0.15) is 48.0 Å². The zero-order valence-corrected chi connectivity index (χ0v) is 11.1. The Morgan fingerprint density at radius 1 is 1.12 bits per heavy atom. The maximum absolute atomic E-state index is 11.8. The molecule has 0 aromatic heterocycles. The van der Waals surface area contributed by atoms with Gasteiger partial charge in [0.15, 0.2) is 0 Å². The molecule has 3 heteroatoms. The molecule has 92 valence electrons. The SMILES string of the molecule is CCOC(=O)C(C)=C(C)CC(=O)C(C)(C)C. The molecule has 0 aliphatic carbocycles. The van der Waals surface area contributed by atoms with E-state index in [-0.39, 0.29) is 17.2 Å². The van der Waals surface area contributed by atoms with Crippen LogP contribution in [0.5, 0.6) is 0 Å². The highest BCUT2D eigenvalue weighted by molar-refractivity contribution is 5.91. The lowest BCUT2D eigenvalue weighted by molar-refractivity contribution is -0.138. The summed E-state index contributed by atoms with van der Waals surface area (Å²) in [6, 6.07) is 0. The second-order valence-electron chi connectivity index (χ2n) is 4.98. The number of ether oxygens (including phenoxy) is 1. The number of ketones is 1. The highest BCUT2D eigenvalue weighted by Gasteiger charge is 2.22. The number of esters is 1. The second-order valence-corrected chi connectivity index (χ2v) is 4.98. The molecular weight excluding hydrogens is 204 g/mol. The summed E-state index contributed by atoms with van der Waals surface area (Å²) in [5, 5.41) is 0. The molecule has 0 rings (SSSR count). The van der Waals surface area contributed by atoms with Crippen LogP contribution in [0.4, 0.5) is 0 Å². The van der Waals surface area contributed by atoms with Crippen LogP contribution in [-0.4, -0.2) is 18.4 Å². The van der Waals surface area contributed by atoms with E-state index in [1.165, 1.54) is 0 Å². The molecule has 0 aromatic carbocycles. The predicted octanol–water partition coefficient (Wildman–Crippen LogP) is 2.89. The lowest BCUT2D eigenvalue weighted by Crippen LogP contribution is -2.20. The molecule has 0 saturated heterocycles. The fraction of sp³-hybridized carbons (Fsp3) is 0.692. The summed E-state index contributed by atoms with van der Waals surface area (Å²) in [4.78, 5) is 23.2. The fourth-order valence-corrected chi connectivity index (χ4v) is 1.05. The molecule has 0 amide bonds. The van der Waals surface area contributed by atoms with Crippen molar-refractivity contribution in [2.75, 3.05) is 6.61 Å². The Labute approximate surface area is 97.9 Å². The standard InChI is InChI=1S/C13H22O3/c1-7-16-12(15)10(3)9(2)8-11(14)13(4,5)6/h7-8H2,1-6H3. The third-order valence-corrected chi connectivity index (χ3v) is 2.48. The molecule has 16 heavy (non-hydrogen) atoms. The summed E-state index contributed by atoms with van der Waals surface area (Å²) in [5.41, 5.74) is 0.966. The van der Waals surface area contributed by atoms with Crippen LogP contribution in [0.2, 0.25) is 0 Å². The van der Waals surface area contributed by atoms with Crippen molar-refractivity contribution in [2.45, 2.75) is 48.0 Å². The summed E-state index contributed by atoms with van der Waals surface area (Å²) in [6.45, 7) is 11.3. The van der Waals surface area contributed by atoms with Gasteiger partial charge in [-0.15, -0.1) is 0 Å². The van der Waals surface area contributed by atoms with Gasteiger partial charge in [0.25, 0.3) is 0 Å². The van der Waals surface area contributed by atoms with Crippen LogP contribution in [0, 0.1) is 5.41 Å². The highest BCUT2D eigenvalue weighted by atomic mass is 16.5. The van der Waals surface area contributed by atoms with Gasteiger partial charge in [-0.2, -0.15) is 0 Å². The van der Waals surface area contributed by atoms with Gasteiger partial charge in [-0.3, -0.25) is 4.79 Å². The van der Waals surface area contributed by atoms with E-state index >= 15 is 0 Å². The van der Waals surface area contributed by atoms with E-state index in [9.17, 15) is 9.59 Å². The molecule has 0 aliphatic heterocycles. The third kappa shape index (κ3) is 4.60. The molecule has 0 bridgehead atoms. The largest absolute Gasteiger partial charge is 0.463 e. The number of rotatable bonds is 4. The van der Waals surface area contributed by atoms with Gasteiger partial charge in [0.2, 0.25) is 0 Å². The van der Waals surface area contributed by atoms with Crippen LogP contribution < -0.4 is 0 Å². The average molecular weight is 226 g/mol. The lowest BCUT2D eigenvalue weighted by Gasteiger charge is -2.17.